The van der Waals surface area contributed by atoms with E-state index in [1.54, 1.807) is 6.07 Å². The molecule has 2 saturated heterocycles. The van der Waals surface area contributed by atoms with Crippen LogP contribution in [0, 0.1) is 0 Å². The normalized spacial score (nSPS) is 20.7. The molecule has 0 aliphatic carbocycles. The van der Waals surface area contributed by atoms with Crippen LogP contribution in [0.4, 0.5) is 5.82 Å². The van der Waals surface area contributed by atoms with Crippen molar-refractivity contribution in [1.82, 2.24) is 20.8 Å². The topological polar surface area (TPSA) is 70.2 Å². The van der Waals surface area contributed by atoms with E-state index in [4.69, 9.17) is 0 Å². The van der Waals surface area contributed by atoms with Gasteiger partial charge in [-0.05, 0) is 44.4 Å². The van der Waals surface area contributed by atoms with Gasteiger partial charge in [0.05, 0.1) is 0 Å². The third-order valence-corrected chi connectivity index (χ3v) is 3.95. The van der Waals surface area contributed by atoms with Crippen molar-refractivity contribution >= 4 is 36.5 Å². The number of hydrogen-bond acceptors (Lipinski definition) is 5. The van der Waals surface area contributed by atoms with Gasteiger partial charge in [-0.15, -0.1) is 35.0 Å². The van der Waals surface area contributed by atoms with E-state index in [0.717, 1.165) is 44.8 Å². The van der Waals surface area contributed by atoms with Crippen LogP contribution in [0.1, 0.15) is 36.2 Å². The number of aromatic nitrogens is 2. The van der Waals surface area contributed by atoms with Crippen LogP contribution in [-0.4, -0.2) is 48.3 Å². The summed E-state index contributed by atoms with van der Waals surface area (Å²) >= 11 is 0. The molecule has 8 heteroatoms. The molecule has 0 saturated carbocycles. The summed E-state index contributed by atoms with van der Waals surface area (Å²) in [6.07, 6.45) is 4.54. The second-order valence-corrected chi connectivity index (χ2v) is 5.49. The summed E-state index contributed by atoms with van der Waals surface area (Å²) < 4.78 is 0. The Morgan fingerprint density at radius 2 is 1.95 bits per heavy atom. The van der Waals surface area contributed by atoms with E-state index in [1.165, 1.54) is 12.8 Å². The molecule has 0 radical (unpaired) electrons. The van der Waals surface area contributed by atoms with Crippen LogP contribution in [-0.2, 0) is 0 Å². The number of anilines is 1. The highest BCUT2D eigenvalue weighted by Gasteiger charge is 2.18. The maximum absolute atomic E-state index is 12.1. The summed E-state index contributed by atoms with van der Waals surface area (Å²) in [6.45, 7) is 3.95. The van der Waals surface area contributed by atoms with Gasteiger partial charge in [-0.1, -0.05) is 0 Å². The van der Waals surface area contributed by atoms with Crippen LogP contribution >= 0.6 is 24.8 Å². The molecule has 1 aromatic rings. The maximum Gasteiger partial charge on any atom is 0.272 e. The molecule has 124 valence electrons. The third-order valence-electron chi connectivity index (χ3n) is 3.95. The monoisotopic (exact) mass is 347 g/mol. The molecule has 1 aromatic heterocycles. The van der Waals surface area contributed by atoms with Crippen molar-refractivity contribution in [3.63, 3.8) is 0 Å². The maximum atomic E-state index is 12.1. The van der Waals surface area contributed by atoms with Gasteiger partial charge in [-0.25, -0.2) is 0 Å². The molecule has 1 amide bonds. The number of nitrogens with zero attached hydrogens (tertiary/aromatic N) is 3. The van der Waals surface area contributed by atoms with Crippen LogP contribution in [0.15, 0.2) is 12.1 Å². The van der Waals surface area contributed by atoms with E-state index >= 15 is 0 Å². The van der Waals surface area contributed by atoms with Crippen LogP contribution in [0.25, 0.3) is 0 Å². The van der Waals surface area contributed by atoms with Crippen LogP contribution in [0.2, 0.25) is 0 Å². The Balaban J connectivity index is 0.00000121. The molecule has 1 atom stereocenters. The SMILES string of the molecule is Cl.Cl.O=C(N[C@H]1CCCNC1)c1ccc(N2CCCC2)nn1. The number of nitrogens with one attached hydrogen (secondary N) is 2. The Bertz CT molecular complexity index is 459. The summed E-state index contributed by atoms with van der Waals surface area (Å²) in [4.78, 5) is 14.3. The Hall–Kier alpha value is -1.11. The van der Waals surface area contributed by atoms with Gasteiger partial charge in [0.25, 0.3) is 5.91 Å². The quantitative estimate of drug-likeness (QED) is 0.864. The molecule has 3 heterocycles. The fourth-order valence-electron chi connectivity index (χ4n) is 2.80. The molecule has 2 fully saturated rings. The van der Waals surface area contributed by atoms with E-state index in [9.17, 15) is 4.79 Å². The van der Waals surface area contributed by atoms with Crippen molar-refractivity contribution in [1.29, 1.82) is 0 Å². The fraction of sp³-hybridized carbons (Fsp3) is 0.643. The van der Waals surface area contributed by atoms with Gasteiger partial charge in [0.2, 0.25) is 0 Å². The predicted molar refractivity (Wildman–Crippen MR) is 91.3 cm³/mol. The highest BCUT2D eigenvalue weighted by atomic mass is 35.5. The zero-order valence-corrected chi connectivity index (χ0v) is 14.1. The van der Waals surface area contributed by atoms with Gasteiger partial charge < -0.3 is 15.5 Å². The minimum absolute atomic E-state index is 0. The van der Waals surface area contributed by atoms with Crippen molar-refractivity contribution in [3.8, 4) is 0 Å². The van der Waals surface area contributed by atoms with Crippen molar-refractivity contribution in [3.05, 3.63) is 17.8 Å². The summed E-state index contributed by atoms with van der Waals surface area (Å²) in [7, 11) is 0. The Kier molecular flexibility index (Phi) is 7.85. The number of amides is 1. The van der Waals surface area contributed by atoms with Crippen molar-refractivity contribution in [2.45, 2.75) is 31.7 Å². The lowest BCUT2D eigenvalue weighted by atomic mass is 10.1. The number of halogens is 2. The first kappa shape index (κ1) is 18.9. The molecular weight excluding hydrogens is 325 g/mol. The number of piperidine rings is 1. The first-order chi connectivity index (χ1) is 9.83. The van der Waals surface area contributed by atoms with Gasteiger partial charge in [0, 0.05) is 25.7 Å². The fourth-order valence-corrected chi connectivity index (χ4v) is 2.80. The zero-order valence-electron chi connectivity index (χ0n) is 12.5. The largest absolute Gasteiger partial charge is 0.355 e. The van der Waals surface area contributed by atoms with E-state index in [-0.39, 0.29) is 36.8 Å². The Morgan fingerprint density at radius 1 is 1.18 bits per heavy atom. The first-order valence-electron chi connectivity index (χ1n) is 7.43. The molecule has 2 N–H and O–H groups in total. The van der Waals surface area contributed by atoms with Gasteiger partial charge in [-0.3, -0.25) is 4.79 Å². The molecule has 0 aromatic carbocycles. The summed E-state index contributed by atoms with van der Waals surface area (Å²) in [5, 5.41) is 14.5. The highest BCUT2D eigenvalue weighted by molar-refractivity contribution is 5.92. The number of carbonyl (C=O) groups is 1. The van der Waals surface area contributed by atoms with E-state index in [1.807, 2.05) is 6.07 Å². The summed E-state index contributed by atoms with van der Waals surface area (Å²) in [5.74, 6) is 0.748. The molecular formula is C14H23Cl2N5O. The zero-order chi connectivity index (χ0) is 13.8. The summed E-state index contributed by atoms with van der Waals surface area (Å²) in [5.41, 5.74) is 0.401. The lowest BCUT2D eigenvalue weighted by molar-refractivity contribution is 0.0924. The van der Waals surface area contributed by atoms with Gasteiger partial charge in [0.1, 0.15) is 0 Å². The lowest BCUT2D eigenvalue weighted by Crippen LogP contribution is -2.45. The number of hydrogen-bond donors (Lipinski definition) is 2. The Morgan fingerprint density at radius 3 is 2.55 bits per heavy atom. The van der Waals surface area contributed by atoms with E-state index in [0.29, 0.717) is 5.69 Å². The minimum atomic E-state index is -0.126. The summed E-state index contributed by atoms with van der Waals surface area (Å²) in [6, 6.07) is 3.87. The molecule has 0 unspecified atom stereocenters. The van der Waals surface area contributed by atoms with Crippen molar-refractivity contribution in [2.75, 3.05) is 31.1 Å². The second-order valence-electron chi connectivity index (χ2n) is 5.49. The lowest BCUT2D eigenvalue weighted by Gasteiger charge is -2.23. The van der Waals surface area contributed by atoms with Gasteiger partial charge in [0.15, 0.2) is 11.5 Å². The second kappa shape index (κ2) is 9.12. The smallest absolute Gasteiger partial charge is 0.272 e. The van der Waals surface area contributed by atoms with Crippen molar-refractivity contribution < 1.29 is 4.79 Å². The number of rotatable bonds is 3. The van der Waals surface area contributed by atoms with Crippen LogP contribution < -0.4 is 15.5 Å². The van der Waals surface area contributed by atoms with Crippen LogP contribution in [0.3, 0.4) is 0 Å². The van der Waals surface area contributed by atoms with Crippen molar-refractivity contribution in [2.24, 2.45) is 0 Å². The number of carbonyl (C=O) groups excluding carboxylic acids is 1. The predicted octanol–water partition coefficient (Wildman–Crippen LogP) is 1.40. The molecule has 0 spiro atoms. The van der Waals surface area contributed by atoms with Gasteiger partial charge in [-0.2, -0.15) is 0 Å². The third kappa shape index (κ3) is 4.69. The Labute approximate surface area is 143 Å². The van der Waals surface area contributed by atoms with E-state index in [2.05, 4.69) is 25.7 Å². The molecule has 22 heavy (non-hydrogen) atoms. The minimum Gasteiger partial charge on any atom is -0.355 e. The molecule has 6 nitrogen and oxygen atoms in total. The average molecular weight is 348 g/mol. The first-order valence-corrected chi connectivity index (χ1v) is 7.43. The molecule has 2 aliphatic rings. The van der Waals surface area contributed by atoms with Crippen LogP contribution in [0.5, 0.6) is 0 Å². The highest BCUT2D eigenvalue weighted by Crippen LogP contribution is 2.16. The molecule has 2 aliphatic heterocycles. The average Bonchev–Trinajstić information content (AvgIpc) is 3.03. The molecule has 0 bridgehead atoms. The van der Waals surface area contributed by atoms with Gasteiger partial charge >= 0.3 is 0 Å². The van der Waals surface area contributed by atoms with E-state index < -0.39 is 0 Å². The standard InChI is InChI=1S/C14H21N5O.2ClH/c20-14(16-11-4-3-7-15-10-11)12-5-6-13(18-17-12)19-8-1-2-9-19;;/h5-6,11,15H,1-4,7-10H2,(H,16,20);2*1H/t11-;;/m0../s1. The molecule has 3 rings (SSSR count).